The molecule has 0 saturated carbocycles. The number of benzene rings is 1. The quantitative estimate of drug-likeness (QED) is 0.762. The van der Waals surface area contributed by atoms with Crippen LogP contribution in [0.15, 0.2) is 12.1 Å². The Hall–Kier alpha value is -1.00. The zero-order valence-corrected chi connectivity index (χ0v) is 8.01. The van der Waals surface area contributed by atoms with Crippen LogP contribution in [0.1, 0.15) is 18.1 Å². The minimum Gasteiger partial charge on any atom is -0.393 e. The van der Waals surface area contributed by atoms with Crippen LogP contribution >= 0.6 is 0 Å². The van der Waals surface area contributed by atoms with Crippen molar-refractivity contribution in [1.29, 1.82) is 0 Å². The van der Waals surface area contributed by atoms with Crippen LogP contribution in [0.2, 0.25) is 0 Å². The molecule has 0 saturated heterocycles. The lowest BCUT2D eigenvalue weighted by Crippen LogP contribution is -2.27. The molecule has 14 heavy (non-hydrogen) atoms. The second-order valence-corrected chi connectivity index (χ2v) is 3.51. The van der Waals surface area contributed by atoms with E-state index in [-0.39, 0.29) is 11.1 Å². The molecule has 1 atom stereocenters. The summed E-state index contributed by atoms with van der Waals surface area (Å²) in [5, 5.41) is 18.3. The van der Waals surface area contributed by atoms with E-state index >= 15 is 0 Å². The number of rotatable bonds is 2. The molecule has 0 aromatic heterocycles. The van der Waals surface area contributed by atoms with Gasteiger partial charge in [-0.1, -0.05) is 0 Å². The summed E-state index contributed by atoms with van der Waals surface area (Å²) in [6.07, 6.45) is 0. The number of aryl methyl sites for hydroxylation is 1. The molecule has 1 rings (SSSR count). The molecule has 2 nitrogen and oxygen atoms in total. The topological polar surface area (TPSA) is 40.5 Å². The van der Waals surface area contributed by atoms with Gasteiger partial charge in [0.1, 0.15) is 17.2 Å². The third kappa shape index (κ3) is 1.91. The average Bonchev–Trinajstić information content (AvgIpc) is 2.11. The van der Waals surface area contributed by atoms with Crippen molar-refractivity contribution in [3.05, 3.63) is 34.9 Å². The Balaban J connectivity index is 3.29. The first-order chi connectivity index (χ1) is 6.38. The summed E-state index contributed by atoms with van der Waals surface area (Å²) in [4.78, 5) is 0. The Morgan fingerprint density at radius 1 is 1.29 bits per heavy atom. The number of halogens is 2. The van der Waals surface area contributed by atoms with Crippen LogP contribution in [0.25, 0.3) is 0 Å². The number of hydrogen-bond acceptors (Lipinski definition) is 2. The summed E-state index contributed by atoms with van der Waals surface area (Å²) in [5.74, 6) is -1.32. The van der Waals surface area contributed by atoms with E-state index in [0.29, 0.717) is 0 Å². The van der Waals surface area contributed by atoms with E-state index in [9.17, 15) is 13.9 Å². The smallest absolute Gasteiger partial charge is 0.129 e. The van der Waals surface area contributed by atoms with Crippen molar-refractivity contribution in [2.45, 2.75) is 19.4 Å². The highest BCUT2D eigenvalue weighted by Gasteiger charge is 2.26. The summed E-state index contributed by atoms with van der Waals surface area (Å²) in [6.45, 7) is 1.99. The van der Waals surface area contributed by atoms with Crippen LogP contribution in [-0.2, 0) is 5.60 Å². The summed E-state index contributed by atoms with van der Waals surface area (Å²) in [7, 11) is 0. The first kappa shape index (κ1) is 11.1. The first-order valence-corrected chi connectivity index (χ1v) is 4.18. The molecule has 0 aliphatic rings. The van der Waals surface area contributed by atoms with Crippen molar-refractivity contribution >= 4 is 0 Å². The Morgan fingerprint density at radius 3 is 2.36 bits per heavy atom. The molecule has 1 unspecified atom stereocenters. The van der Waals surface area contributed by atoms with Gasteiger partial charge in [-0.3, -0.25) is 0 Å². The molecular formula is C10H12F2O2. The highest BCUT2D eigenvalue weighted by molar-refractivity contribution is 5.29. The summed E-state index contributed by atoms with van der Waals surface area (Å²) in [5.41, 5.74) is -1.82. The Morgan fingerprint density at radius 2 is 1.86 bits per heavy atom. The third-order valence-corrected chi connectivity index (χ3v) is 2.14. The van der Waals surface area contributed by atoms with Crippen LogP contribution in [0, 0.1) is 18.6 Å². The lowest BCUT2D eigenvalue weighted by Gasteiger charge is -2.21. The van der Waals surface area contributed by atoms with E-state index < -0.39 is 23.8 Å². The fourth-order valence-corrected chi connectivity index (χ4v) is 1.14. The second kappa shape index (κ2) is 3.63. The zero-order valence-electron chi connectivity index (χ0n) is 8.01. The molecule has 0 fully saturated rings. The van der Waals surface area contributed by atoms with E-state index in [4.69, 9.17) is 5.11 Å². The molecule has 4 heteroatoms. The maximum atomic E-state index is 13.3. The van der Waals surface area contributed by atoms with Crippen LogP contribution in [-0.4, -0.2) is 16.8 Å². The van der Waals surface area contributed by atoms with Crippen LogP contribution in [0.3, 0.4) is 0 Å². The molecule has 78 valence electrons. The van der Waals surface area contributed by atoms with Crippen molar-refractivity contribution in [2.75, 3.05) is 6.61 Å². The predicted octanol–water partition coefficient (Wildman–Crippen LogP) is 1.47. The van der Waals surface area contributed by atoms with Gasteiger partial charge in [-0.05, 0) is 31.5 Å². The molecule has 1 aromatic rings. The highest BCUT2D eigenvalue weighted by Crippen LogP contribution is 2.25. The summed E-state index contributed by atoms with van der Waals surface area (Å²) in [6, 6.07) is 1.90. The molecule has 0 aliphatic heterocycles. The van der Waals surface area contributed by atoms with Crippen molar-refractivity contribution in [3.63, 3.8) is 0 Å². The SMILES string of the molecule is Cc1cc(F)c(C(C)(O)CO)cc1F. The Bertz CT molecular complexity index is 348. The maximum Gasteiger partial charge on any atom is 0.129 e. The highest BCUT2D eigenvalue weighted by atomic mass is 19.1. The first-order valence-electron chi connectivity index (χ1n) is 4.18. The van der Waals surface area contributed by atoms with Crippen molar-refractivity contribution in [3.8, 4) is 0 Å². The minimum atomic E-state index is -1.75. The van der Waals surface area contributed by atoms with Gasteiger partial charge in [-0.25, -0.2) is 8.78 Å². The standard InChI is InChI=1S/C10H12F2O2/c1-6-3-9(12)7(4-8(6)11)10(2,14)5-13/h3-4,13-14H,5H2,1-2H3. The van der Waals surface area contributed by atoms with Gasteiger partial charge >= 0.3 is 0 Å². The summed E-state index contributed by atoms with van der Waals surface area (Å²) >= 11 is 0. The van der Waals surface area contributed by atoms with Gasteiger partial charge < -0.3 is 10.2 Å². The largest absolute Gasteiger partial charge is 0.393 e. The molecule has 0 bridgehead atoms. The normalized spacial score (nSPS) is 15.3. The lowest BCUT2D eigenvalue weighted by molar-refractivity contribution is -0.00533. The van der Waals surface area contributed by atoms with Gasteiger partial charge in [-0.15, -0.1) is 0 Å². The van der Waals surface area contributed by atoms with Gasteiger partial charge in [0.25, 0.3) is 0 Å². The van der Waals surface area contributed by atoms with Gasteiger partial charge in [0.15, 0.2) is 0 Å². The van der Waals surface area contributed by atoms with Crippen molar-refractivity contribution in [1.82, 2.24) is 0 Å². The van der Waals surface area contributed by atoms with Crippen LogP contribution < -0.4 is 0 Å². The van der Waals surface area contributed by atoms with E-state index in [1.54, 1.807) is 0 Å². The monoisotopic (exact) mass is 202 g/mol. The van der Waals surface area contributed by atoms with E-state index in [0.717, 1.165) is 12.1 Å². The molecule has 0 radical (unpaired) electrons. The van der Waals surface area contributed by atoms with Gasteiger partial charge in [0.05, 0.1) is 6.61 Å². The molecule has 0 aliphatic carbocycles. The fraction of sp³-hybridized carbons (Fsp3) is 0.400. The van der Waals surface area contributed by atoms with E-state index in [2.05, 4.69) is 0 Å². The molecular weight excluding hydrogens is 190 g/mol. The number of aliphatic hydroxyl groups excluding tert-OH is 1. The lowest BCUT2D eigenvalue weighted by atomic mass is 9.95. The maximum absolute atomic E-state index is 13.3. The Labute approximate surface area is 80.8 Å². The predicted molar refractivity (Wildman–Crippen MR) is 47.8 cm³/mol. The fourth-order valence-electron chi connectivity index (χ4n) is 1.14. The van der Waals surface area contributed by atoms with E-state index in [1.807, 2.05) is 0 Å². The van der Waals surface area contributed by atoms with Crippen LogP contribution in [0.4, 0.5) is 8.78 Å². The molecule has 2 N–H and O–H groups in total. The molecule has 0 amide bonds. The average molecular weight is 202 g/mol. The minimum absolute atomic E-state index is 0.167. The zero-order chi connectivity index (χ0) is 10.9. The number of aliphatic hydroxyl groups is 2. The van der Waals surface area contributed by atoms with E-state index in [1.165, 1.54) is 13.8 Å². The van der Waals surface area contributed by atoms with Gasteiger partial charge in [-0.2, -0.15) is 0 Å². The van der Waals surface area contributed by atoms with Gasteiger partial charge in [0.2, 0.25) is 0 Å². The van der Waals surface area contributed by atoms with Crippen molar-refractivity contribution in [2.24, 2.45) is 0 Å². The number of hydrogen-bond donors (Lipinski definition) is 2. The molecule has 0 spiro atoms. The van der Waals surface area contributed by atoms with Crippen molar-refractivity contribution < 1.29 is 19.0 Å². The molecule has 0 heterocycles. The second-order valence-electron chi connectivity index (χ2n) is 3.51. The van der Waals surface area contributed by atoms with Crippen LogP contribution in [0.5, 0.6) is 0 Å². The third-order valence-electron chi connectivity index (χ3n) is 2.14. The molecule has 1 aromatic carbocycles. The Kier molecular flexibility index (Phi) is 2.87. The summed E-state index contributed by atoms with van der Waals surface area (Å²) < 4.78 is 26.3. The van der Waals surface area contributed by atoms with Gasteiger partial charge in [0, 0.05) is 5.56 Å².